The number of rotatable bonds is 4. The van der Waals surface area contributed by atoms with E-state index in [9.17, 15) is 14.7 Å². The van der Waals surface area contributed by atoms with Crippen molar-refractivity contribution in [3.63, 3.8) is 0 Å². The highest BCUT2D eigenvalue weighted by Gasteiger charge is 2.32. The van der Waals surface area contributed by atoms with Crippen LogP contribution in [0.3, 0.4) is 0 Å². The van der Waals surface area contributed by atoms with Crippen LogP contribution in [0.5, 0.6) is 0 Å². The van der Waals surface area contributed by atoms with Crippen LogP contribution in [-0.4, -0.2) is 34.5 Å². The number of amides is 2. The minimum atomic E-state index is -0.664. The second-order valence-electron chi connectivity index (χ2n) is 5.10. The Morgan fingerprint density at radius 3 is 2.68 bits per heavy atom. The van der Waals surface area contributed by atoms with Gasteiger partial charge in [0.2, 0.25) is 5.91 Å². The number of hydrogen-bond acceptors (Lipinski definition) is 3. The number of imide groups is 1. The molecule has 1 aromatic carbocycles. The van der Waals surface area contributed by atoms with Crippen LogP contribution in [0.15, 0.2) is 24.3 Å². The van der Waals surface area contributed by atoms with Crippen LogP contribution in [0, 0.1) is 5.92 Å². The molecule has 102 valence electrons. The summed E-state index contributed by atoms with van der Waals surface area (Å²) in [5.74, 6) is -0.460. The summed E-state index contributed by atoms with van der Waals surface area (Å²) in [4.78, 5) is 25.5. The average Bonchev–Trinajstić information content (AvgIpc) is 2.42. The highest BCUT2D eigenvalue weighted by Crippen LogP contribution is 2.21. The van der Waals surface area contributed by atoms with Crippen molar-refractivity contribution < 1.29 is 14.7 Å². The quantitative estimate of drug-likeness (QED) is 0.838. The third-order valence-electron chi connectivity index (χ3n) is 3.81. The first kappa shape index (κ1) is 13.7. The fraction of sp³-hybridized carbons (Fsp3) is 0.467. The van der Waals surface area contributed by atoms with Crippen molar-refractivity contribution in [2.75, 3.05) is 6.54 Å². The summed E-state index contributed by atoms with van der Waals surface area (Å²) in [6.07, 6.45) is 0.381. The van der Waals surface area contributed by atoms with E-state index >= 15 is 0 Å². The number of nitrogens with zero attached hydrogens (tertiary/aromatic N) is 1. The molecule has 0 spiro atoms. The monoisotopic (exact) mass is 261 g/mol. The molecule has 1 aliphatic heterocycles. The second kappa shape index (κ2) is 5.53. The van der Waals surface area contributed by atoms with Gasteiger partial charge >= 0.3 is 0 Å². The molecule has 0 fully saturated rings. The smallest absolute Gasteiger partial charge is 0.260 e. The predicted molar refractivity (Wildman–Crippen MR) is 71.7 cm³/mol. The Bertz CT molecular complexity index is 498. The number of aliphatic hydroxyl groups excluding tert-OH is 1. The lowest BCUT2D eigenvalue weighted by molar-refractivity contribution is -0.129. The third kappa shape index (κ3) is 2.68. The van der Waals surface area contributed by atoms with E-state index in [0.29, 0.717) is 5.56 Å². The molecule has 1 heterocycles. The van der Waals surface area contributed by atoms with E-state index in [2.05, 4.69) is 0 Å². The van der Waals surface area contributed by atoms with Gasteiger partial charge in [0.25, 0.3) is 5.91 Å². The first-order valence-corrected chi connectivity index (χ1v) is 6.65. The summed E-state index contributed by atoms with van der Waals surface area (Å²) in [6.45, 7) is 3.97. The third-order valence-corrected chi connectivity index (χ3v) is 3.81. The van der Waals surface area contributed by atoms with E-state index < -0.39 is 6.10 Å². The largest absolute Gasteiger partial charge is 0.391 e. The van der Waals surface area contributed by atoms with Gasteiger partial charge in [-0.3, -0.25) is 14.5 Å². The summed E-state index contributed by atoms with van der Waals surface area (Å²) < 4.78 is 0. The SMILES string of the molecule is CCC(C)C(O)CN1C(=O)Cc2ccccc2C1=O. The van der Waals surface area contributed by atoms with E-state index in [4.69, 9.17) is 0 Å². The lowest BCUT2D eigenvalue weighted by atomic mass is 9.96. The Hall–Kier alpha value is -1.68. The van der Waals surface area contributed by atoms with Crippen LogP contribution >= 0.6 is 0 Å². The molecule has 1 aromatic rings. The fourth-order valence-corrected chi connectivity index (χ4v) is 2.22. The highest BCUT2D eigenvalue weighted by molar-refractivity contribution is 6.09. The van der Waals surface area contributed by atoms with E-state index in [-0.39, 0.29) is 30.7 Å². The Morgan fingerprint density at radius 1 is 1.32 bits per heavy atom. The molecule has 2 unspecified atom stereocenters. The molecule has 2 amide bonds. The Labute approximate surface area is 113 Å². The molecule has 19 heavy (non-hydrogen) atoms. The summed E-state index contributed by atoms with van der Waals surface area (Å²) in [7, 11) is 0. The van der Waals surface area contributed by atoms with Gasteiger partial charge in [0, 0.05) is 5.56 Å². The van der Waals surface area contributed by atoms with Crippen molar-refractivity contribution >= 4 is 11.8 Å². The zero-order valence-electron chi connectivity index (χ0n) is 11.3. The first-order chi connectivity index (χ1) is 9.04. The molecular weight excluding hydrogens is 242 g/mol. The second-order valence-corrected chi connectivity index (χ2v) is 5.10. The molecule has 0 bridgehead atoms. The molecule has 0 radical (unpaired) electrons. The Morgan fingerprint density at radius 2 is 2.00 bits per heavy atom. The van der Waals surface area contributed by atoms with Gasteiger partial charge in [0.15, 0.2) is 0 Å². The molecule has 1 N–H and O–H groups in total. The number of β-amino-alcohol motifs (C(OH)–C–C–N with tert-alkyl or cyclic N) is 1. The maximum atomic E-state index is 12.3. The summed E-state index contributed by atoms with van der Waals surface area (Å²) in [5, 5.41) is 10.0. The van der Waals surface area contributed by atoms with Gasteiger partial charge < -0.3 is 5.11 Å². The highest BCUT2D eigenvalue weighted by atomic mass is 16.3. The maximum Gasteiger partial charge on any atom is 0.260 e. The topological polar surface area (TPSA) is 57.6 Å². The van der Waals surface area contributed by atoms with Crippen molar-refractivity contribution in [2.45, 2.75) is 32.8 Å². The molecule has 2 atom stereocenters. The van der Waals surface area contributed by atoms with Crippen molar-refractivity contribution in [1.82, 2.24) is 4.90 Å². The van der Waals surface area contributed by atoms with Crippen molar-refractivity contribution in [3.8, 4) is 0 Å². The standard InChI is InChI=1S/C15H19NO3/c1-3-10(2)13(17)9-16-14(18)8-11-6-4-5-7-12(11)15(16)19/h4-7,10,13,17H,3,8-9H2,1-2H3. The van der Waals surface area contributed by atoms with Crippen LogP contribution in [0.25, 0.3) is 0 Å². The zero-order chi connectivity index (χ0) is 14.0. The van der Waals surface area contributed by atoms with Crippen LogP contribution in [0.2, 0.25) is 0 Å². The van der Waals surface area contributed by atoms with Crippen LogP contribution < -0.4 is 0 Å². The maximum absolute atomic E-state index is 12.3. The lowest BCUT2D eigenvalue weighted by Gasteiger charge is -2.30. The molecule has 2 rings (SSSR count). The van der Waals surface area contributed by atoms with E-state index in [1.165, 1.54) is 4.90 Å². The number of hydrogen-bond donors (Lipinski definition) is 1. The van der Waals surface area contributed by atoms with Crippen LogP contribution in [0.1, 0.15) is 36.2 Å². The molecule has 0 saturated carbocycles. The minimum absolute atomic E-state index is 0.0674. The molecule has 4 heteroatoms. The lowest BCUT2D eigenvalue weighted by Crippen LogP contribution is -2.47. The van der Waals surface area contributed by atoms with Crippen molar-refractivity contribution in [1.29, 1.82) is 0 Å². The average molecular weight is 261 g/mol. The minimum Gasteiger partial charge on any atom is -0.391 e. The van der Waals surface area contributed by atoms with Gasteiger partial charge in [-0.25, -0.2) is 0 Å². The van der Waals surface area contributed by atoms with E-state index in [0.717, 1.165) is 12.0 Å². The summed E-state index contributed by atoms with van der Waals surface area (Å²) in [5.41, 5.74) is 1.34. The number of aliphatic hydroxyl groups is 1. The van der Waals surface area contributed by atoms with Gasteiger partial charge in [-0.1, -0.05) is 38.5 Å². The number of benzene rings is 1. The van der Waals surface area contributed by atoms with E-state index in [1.807, 2.05) is 19.9 Å². The molecule has 4 nitrogen and oxygen atoms in total. The summed E-state index contributed by atoms with van der Waals surface area (Å²) in [6, 6.07) is 7.14. The molecule has 0 aromatic heterocycles. The van der Waals surface area contributed by atoms with Crippen LogP contribution in [-0.2, 0) is 11.2 Å². The van der Waals surface area contributed by atoms with Crippen LogP contribution in [0.4, 0.5) is 0 Å². The predicted octanol–water partition coefficient (Wildman–Crippen LogP) is 1.62. The normalized spacial score (nSPS) is 18.2. The molecular formula is C15H19NO3. The number of fused-ring (bicyclic) bond motifs is 1. The fourth-order valence-electron chi connectivity index (χ4n) is 2.22. The zero-order valence-corrected chi connectivity index (χ0v) is 11.3. The number of carbonyl (C=O) groups excluding carboxylic acids is 2. The van der Waals surface area contributed by atoms with Gasteiger partial charge in [0.05, 0.1) is 19.1 Å². The van der Waals surface area contributed by atoms with E-state index in [1.54, 1.807) is 18.2 Å². The molecule has 1 aliphatic rings. The van der Waals surface area contributed by atoms with Gasteiger partial charge in [-0.2, -0.15) is 0 Å². The Balaban J connectivity index is 2.20. The first-order valence-electron chi connectivity index (χ1n) is 6.65. The molecule has 0 aliphatic carbocycles. The summed E-state index contributed by atoms with van der Waals surface area (Å²) >= 11 is 0. The van der Waals surface area contributed by atoms with Gasteiger partial charge in [0.1, 0.15) is 0 Å². The Kier molecular flexibility index (Phi) is 4.00. The van der Waals surface area contributed by atoms with Gasteiger partial charge in [-0.05, 0) is 17.5 Å². The van der Waals surface area contributed by atoms with Crippen molar-refractivity contribution in [2.24, 2.45) is 5.92 Å². The molecule has 0 saturated heterocycles. The van der Waals surface area contributed by atoms with Gasteiger partial charge in [-0.15, -0.1) is 0 Å². The van der Waals surface area contributed by atoms with Crippen molar-refractivity contribution in [3.05, 3.63) is 35.4 Å². The number of carbonyl (C=O) groups is 2.